The topological polar surface area (TPSA) is 92.5 Å². The first kappa shape index (κ1) is 18.1. The van der Waals surface area contributed by atoms with Gasteiger partial charge in [0.1, 0.15) is 6.04 Å². The van der Waals surface area contributed by atoms with E-state index in [2.05, 4.69) is 5.32 Å². The van der Waals surface area contributed by atoms with Crippen molar-refractivity contribution in [2.24, 2.45) is 0 Å². The molecule has 7 nitrogen and oxygen atoms in total. The van der Waals surface area contributed by atoms with Gasteiger partial charge in [-0.1, -0.05) is 36.4 Å². The molecule has 0 aliphatic carbocycles. The molecule has 0 saturated carbocycles. The molecule has 2 aromatic rings. The standard InChI is InChI=1S/C18H19N3O4/c1-13(18(23)20(2)12-14-7-4-3-5-8-14)19-17(22)15-9-6-10-16(11-15)21(24)25/h3-11,13H,12H2,1-2H3,(H,19,22). The van der Waals surface area contributed by atoms with Crippen LogP contribution in [-0.2, 0) is 11.3 Å². The summed E-state index contributed by atoms with van der Waals surface area (Å²) in [6.45, 7) is 2.01. The molecule has 0 radical (unpaired) electrons. The first-order valence-corrected chi connectivity index (χ1v) is 7.72. The summed E-state index contributed by atoms with van der Waals surface area (Å²) in [5.41, 5.74) is 0.947. The highest BCUT2D eigenvalue weighted by molar-refractivity contribution is 5.97. The van der Waals surface area contributed by atoms with Crippen LogP contribution in [0.1, 0.15) is 22.8 Å². The molecule has 7 heteroatoms. The number of hydrogen-bond donors (Lipinski definition) is 1. The van der Waals surface area contributed by atoms with Gasteiger partial charge in [0.15, 0.2) is 0 Å². The van der Waals surface area contributed by atoms with E-state index < -0.39 is 16.9 Å². The van der Waals surface area contributed by atoms with Crippen molar-refractivity contribution in [1.29, 1.82) is 0 Å². The SMILES string of the molecule is CC(NC(=O)c1cccc([N+](=O)[O-])c1)C(=O)N(C)Cc1ccccc1. The fourth-order valence-corrected chi connectivity index (χ4v) is 2.37. The van der Waals surface area contributed by atoms with Crippen molar-refractivity contribution in [1.82, 2.24) is 10.2 Å². The molecule has 1 N–H and O–H groups in total. The number of hydrogen-bond acceptors (Lipinski definition) is 4. The van der Waals surface area contributed by atoms with Gasteiger partial charge < -0.3 is 10.2 Å². The lowest BCUT2D eigenvalue weighted by Crippen LogP contribution is -2.45. The Morgan fingerprint density at radius 3 is 2.48 bits per heavy atom. The van der Waals surface area contributed by atoms with Gasteiger partial charge in [-0.2, -0.15) is 0 Å². The van der Waals surface area contributed by atoms with Gasteiger partial charge >= 0.3 is 0 Å². The predicted molar refractivity (Wildman–Crippen MR) is 92.9 cm³/mol. The molecule has 0 bridgehead atoms. The van der Waals surface area contributed by atoms with Crippen molar-refractivity contribution in [3.05, 3.63) is 75.8 Å². The van der Waals surface area contributed by atoms with Crippen LogP contribution >= 0.6 is 0 Å². The minimum absolute atomic E-state index is 0.138. The maximum Gasteiger partial charge on any atom is 0.270 e. The van der Waals surface area contributed by atoms with Crippen LogP contribution in [0.2, 0.25) is 0 Å². The van der Waals surface area contributed by atoms with Crippen molar-refractivity contribution in [3.63, 3.8) is 0 Å². The third kappa shape index (κ3) is 4.87. The fourth-order valence-electron chi connectivity index (χ4n) is 2.37. The van der Waals surface area contributed by atoms with Gasteiger partial charge in [0, 0.05) is 31.3 Å². The molecule has 2 rings (SSSR count). The predicted octanol–water partition coefficient (Wildman–Crippen LogP) is 2.37. The number of rotatable bonds is 6. The van der Waals surface area contributed by atoms with E-state index in [9.17, 15) is 19.7 Å². The number of carbonyl (C=O) groups excluding carboxylic acids is 2. The minimum Gasteiger partial charge on any atom is -0.341 e. The third-order valence-corrected chi connectivity index (χ3v) is 3.68. The molecule has 0 fully saturated rings. The maximum absolute atomic E-state index is 12.4. The number of carbonyl (C=O) groups is 2. The Morgan fingerprint density at radius 1 is 1.16 bits per heavy atom. The van der Waals surface area contributed by atoms with Crippen molar-refractivity contribution in [2.75, 3.05) is 7.05 Å². The summed E-state index contributed by atoms with van der Waals surface area (Å²) < 4.78 is 0. The number of benzene rings is 2. The second-order valence-electron chi connectivity index (χ2n) is 5.68. The van der Waals surface area contributed by atoms with Gasteiger partial charge in [-0.05, 0) is 18.6 Å². The van der Waals surface area contributed by atoms with Crippen LogP contribution in [0.5, 0.6) is 0 Å². The minimum atomic E-state index is -0.750. The molecule has 2 amide bonds. The number of nitro benzene ring substituents is 1. The molecular weight excluding hydrogens is 322 g/mol. The molecule has 0 heterocycles. The average Bonchev–Trinajstić information content (AvgIpc) is 2.61. The lowest BCUT2D eigenvalue weighted by Gasteiger charge is -2.22. The van der Waals surface area contributed by atoms with Gasteiger partial charge in [0.25, 0.3) is 11.6 Å². The Hall–Kier alpha value is -3.22. The quantitative estimate of drug-likeness (QED) is 0.645. The highest BCUT2D eigenvalue weighted by Gasteiger charge is 2.21. The molecule has 0 aliphatic heterocycles. The smallest absolute Gasteiger partial charge is 0.270 e. The Bertz CT molecular complexity index is 777. The Balaban J connectivity index is 1.99. The van der Waals surface area contributed by atoms with Gasteiger partial charge in [0.2, 0.25) is 5.91 Å². The van der Waals surface area contributed by atoms with E-state index >= 15 is 0 Å². The molecule has 2 aromatic carbocycles. The van der Waals surface area contributed by atoms with E-state index in [-0.39, 0.29) is 17.2 Å². The molecule has 0 aliphatic rings. The Morgan fingerprint density at radius 2 is 1.84 bits per heavy atom. The van der Waals surface area contributed by atoms with Crippen molar-refractivity contribution in [3.8, 4) is 0 Å². The molecule has 0 spiro atoms. The Kier molecular flexibility index (Phi) is 5.84. The van der Waals surface area contributed by atoms with Crippen molar-refractivity contribution in [2.45, 2.75) is 19.5 Å². The first-order chi connectivity index (χ1) is 11.9. The highest BCUT2D eigenvalue weighted by Crippen LogP contribution is 2.13. The van der Waals surface area contributed by atoms with E-state index in [1.54, 1.807) is 14.0 Å². The summed E-state index contributed by atoms with van der Waals surface area (Å²) in [4.78, 5) is 36.3. The van der Waals surface area contributed by atoms with Crippen molar-refractivity contribution < 1.29 is 14.5 Å². The van der Waals surface area contributed by atoms with E-state index in [1.165, 1.54) is 29.2 Å². The van der Waals surface area contributed by atoms with E-state index in [0.717, 1.165) is 5.56 Å². The summed E-state index contributed by atoms with van der Waals surface area (Å²) in [5.74, 6) is -0.778. The molecular formula is C18H19N3O4. The number of non-ortho nitro benzene ring substituents is 1. The van der Waals surface area contributed by atoms with Crippen molar-refractivity contribution >= 4 is 17.5 Å². The lowest BCUT2D eigenvalue weighted by atomic mass is 10.1. The first-order valence-electron chi connectivity index (χ1n) is 7.72. The summed E-state index contributed by atoms with van der Waals surface area (Å²) in [5, 5.41) is 13.4. The number of nitrogens with one attached hydrogen (secondary N) is 1. The Labute approximate surface area is 145 Å². The van der Waals surface area contributed by atoms with E-state index in [0.29, 0.717) is 6.54 Å². The summed E-state index contributed by atoms with van der Waals surface area (Å²) in [7, 11) is 1.66. The van der Waals surface area contributed by atoms with Gasteiger partial charge in [0.05, 0.1) is 4.92 Å². The second kappa shape index (κ2) is 8.05. The molecule has 1 unspecified atom stereocenters. The number of likely N-dealkylation sites (N-methyl/N-ethyl adjacent to an activating group) is 1. The molecule has 0 aromatic heterocycles. The number of nitro groups is 1. The van der Waals surface area contributed by atoms with Gasteiger partial charge in [-0.25, -0.2) is 0 Å². The zero-order chi connectivity index (χ0) is 18.4. The second-order valence-corrected chi connectivity index (χ2v) is 5.68. The summed E-state index contributed by atoms with van der Waals surface area (Å²) in [6.07, 6.45) is 0. The molecule has 130 valence electrons. The van der Waals surface area contributed by atoms with Crippen LogP contribution in [0, 0.1) is 10.1 Å². The normalized spacial score (nSPS) is 11.4. The molecule has 1 atom stereocenters. The largest absolute Gasteiger partial charge is 0.341 e. The highest BCUT2D eigenvalue weighted by atomic mass is 16.6. The zero-order valence-electron chi connectivity index (χ0n) is 14.0. The van der Waals surface area contributed by atoms with Crippen LogP contribution in [0.15, 0.2) is 54.6 Å². The zero-order valence-corrected chi connectivity index (χ0v) is 14.0. The summed E-state index contributed by atoms with van der Waals surface area (Å²) >= 11 is 0. The van der Waals surface area contributed by atoms with E-state index in [1.807, 2.05) is 30.3 Å². The van der Waals surface area contributed by atoms with Crippen LogP contribution in [0.4, 0.5) is 5.69 Å². The van der Waals surface area contributed by atoms with Crippen LogP contribution in [-0.4, -0.2) is 34.7 Å². The maximum atomic E-state index is 12.4. The molecule has 25 heavy (non-hydrogen) atoms. The van der Waals surface area contributed by atoms with Gasteiger partial charge in [-0.3, -0.25) is 19.7 Å². The average molecular weight is 341 g/mol. The van der Waals surface area contributed by atoms with E-state index in [4.69, 9.17) is 0 Å². The monoisotopic (exact) mass is 341 g/mol. The number of amides is 2. The lowest BCUT2D eigenvalue weighted by molar-refractivity contribution is -0.384. The summed E-state index contributed by atoms with van der Waals surface area (Å²) in [6, 6.07) is 14.1. The molecule has 0 saturated heterocycles. The van der Waals surface area contributed by atoms with Crippen LogP contribution < -0.4 is 5.32 Å². The van der Waals surface area contributed by atoms with Crippen LogP contribution in [0.3, 0.4) is 0 Å². The number of nitrogens with zero attached hydrogens (tertiary/aromatic N) is 2. The third-order valence-electron chi connectivity index (χ3n) is 3.68. The fraction of sp³-hybridized carbons (Fsp3) is 0.222. The van der Waals surface area contributed by atoms with Gasteiger partial charge in [-0.15, -0.1) is 0 Å². The van der Waals surface area contributed by atoms with Crippen LogP contribution in [0.25, 0.3) is 0 Å².